The number of rotatable bonds is 4. The highest BCUT2D eigenvalue weighted by molar-refractivity contribution is 5.96. The molecule has 0 saturated carbocycles. The van der Waals surface area contributed by atoms with Crippen LogP contribution in [-0.2, 0) is 4.79 Å². The fourth-order valence-corrected chi connectivity index (χ4v) is 3.19. The first-order chi connectivity index (χ1) is 12.1. The van der Waals surface area contributed by atoms with E-state index in [-0.39, 0.29) is 17.9 Å². The summed E-state index contributed by atoms with van der Waals surface area (Å²) in [5, 5.41) is 3.95. The van der Waals surface area contributed by atoms with Crippen LogP contribution in [0.25, 0.3) is 0 Å². The Hall–Kier alpha value is -2.51. The van der Waals surface area contributed by atoms with Crippen LogP contribution in [0.4, 0.5) is 4.79 Å². The van der Waals surface area contributed by atoms with Gasteiger partial charge in [0.1, 0.15) is 5.92 Å². The van der Waals surface area contributed by atoms with Crippen LogP contribution in [-0.4, -0.2) is 64.3 Å². The Labute approximate surface area is 146 Å². The van der Waals surface area contributed by atoms with Gasteiger partial charge in [-0.1, -0.05) is 11.2 Å². The molecule has 1 fully saturated rings. The van der Waals surface area contributed by atoms with Crippen molar-refractivity contribution in [3.8, 4) is 0 Å². The zero-order valence-electron chi connectivity index (χ0n) is 14.6. The number of aliphatic imine (C=N–C) groups is 1. The van der Waals surface area contributed by atoms with Crippen molar-refractivity contribution in [2.75, 3.05) is 26.2 Å². The van der Waals surface area contributed by atoms with E-state index in [1.54, 1.807) is 12.2 Å². The number of carbonyl (C=O) groups excluding carboxylic acids is 2. The number of urea groups is 1. The van der Waals surface area contributed by atoms with Crippen LogP contribution in [0.5, 0.6) is 0 Å². The molecule has 0 N–H and O–H groups in total. The Balaban J connectivity index is 1.60. The lowest BCUT2D eigenvalue weighted by atomic mass is 9.97. The van der Waals surface area contributed by atoms with Gasteiger partial charge in [0.15, 0.2) is 5.82 Å². The lowest BCUT2D eigenvalue weighted by Crippen LogP contribution is -2.46. The molecular formula is C17H23N5O3. The molecule has 3 rings (SSSR count). The Morgan fingerprint density at radius 1 is 1.32 bits per heavy atom. The fourth-order valence-electron chi connectivity index (χ4n) is 3.19. The minimum Gasteiger partial charge on any atom is -0.339 e. The Morgan fingerprint density at radius 2 is 2.04 bits per heavy atom. The van der Waals surface area contributed by atoms with Gasteiger partial charge in [-0.25, -0.2) is 9.79 Å². The third-order valence-electron chi connectivity index (χ3n) is 4.74. The van der Waals surface area contributed by atoms with E-state index in [1.165, 1.54) is 6.21 Å². The maximum absolute atomic E-state index is 12.4. The second-order valence-electron chi connectivity index (χ2n) is 6.19. The molecular weight excluding hydrogens is 322 g/mol. The number of dihydropyridines is 1. The van der Waals surface area contributed by atoms with Crippen molar-refractivity contribution in [2.45, 2.75) is 38.5 Å². The first-order valence-corrected chi connectivity index (χ1v) is 8.76. The standard InChI is InChI=1S/C17H23N5O3/c1-3-21(4-2)17(24)22-10-7-12(8-11-22)16-19-14(20-25-16)13-6-5-9-18-15(13)23/h5-6,9,12-13H,3-4,7-8,10-11H2,1-2H3. The van der Waals surface area contributed by atoms with Gasteiger partial charge in [-0.3, -0.25) is 4.79 Å². The van der Waals surface area contributed by atoms with Gasteiger partial charge >= 0.3 is 6.03 Å². The molecule has 134 valence electrons. The summed E-state index contributed by atoms with van der Waals surface area (Å²) in [6, 6.07) is 0.0884. The smallest absolute Gasteiger partial charge is 0.319 e. The van der Waals surface area contributed by atoms with Crippen LogP contribution in [0, 0.1) is 0 Å². The normalized spacial score (nSPS) is 21.0. The van der Waals surface area contributed by atoms with Crippen LogP contribution in [0.2, 0.25) is 0 Å². The first kappa shape index (κ1) is 17.3. The second-order valence-corrected chi connectivity index (χ2v) is 6.19. The number of hydrogen-bond acceptors (Lipinski definition) is 5. The first-order valence-electron chi connectivity index (χ1n) is 8.76. The molecule has 25 heavy (non-hydrogen) atoms. The minimum atomic E-state index is -0.563. The summed E-state index contributed by atoms with van der Waals surface area (Å²) in [5.74, 6) is 0.171. The zero-order chi connectivity index (χ0) is 17.8. The third-order valence-corrected chi connectivity index (χ3v) is 4.74. The number of piperidine rings is 1. The lowest BCUT2D eigenvalue weighted by Gasteiger charge is -2.34. The van der Waals surface area contributed by atoms with Crippen molar-refractivity contribution in [1.82, 2.24) is 19.9 Å². The third kappa shape index (κ3) is 3.62. The number of nitrogens with zero attached hydrogens (tertiary/aromatic N) is 5. The van der Waals surface area contributed by atoms with Crippen LogP contribution in [0.1, 0.15) is 50.2 Å². The van der Waals surface area contributed by atoms with Crippen LogP contribution < -0.4 is 0 Å². The van der Waals surface area contributed by atoms with E-state index in [2.05, 4.69) is 15.1 Å². The molecule has 2 aliphatic rings. The van der Waals surface area contributed by atoms with E-state index in [1.807, 2.05) is 23.6 Å². The van der Waals surface area contributed by atoms with Gasteiger partial charge in [0, 0.05) is 38.3 Å². The molecule has 0 spiro atoms. The predicted molar refractivity (Wildman–Crippen MR) is 91.5 cm³/mol. The molecule has 8 nitrogen and oxygen atoms in total. The summed E-state index contributed by atoms with van der Waals surface area (Å²) in [6.07, 6.45) is 6.44. The van der Waals surface area contributed by atoms with Crippen molar-refractivity contribution in [3.05, 3.63) is 23.9 Å². The van der Waals surface area contributed by atoms with E-state index in [0.29, 0.717) is 37.9 Å². The average Bonchev–Trinajstić information content (AvgIpc) is 3.13. The van der Waals surface area contributed by atoms with Gasteiger partial charge in [-0.05, 0) is 32.8 Å². The maximum atomic E-state index is 12.4. The number of hydrogen-bond donors (Lipinski definition) is 0. The molecule has 1 unspecified atom stereocenters. The molecule has 3 heterocycles. The summed E-state index contributed by atoms with van der Waals surface area (Å²) in [6.45, 7) is 6.74. The monoisotopic (exact) mass is 345 g/mol. The summed E-state index contributed by atoms with van der Waals surface area (Å²) < 4.78 is 5.38. The fraction of sp³-hybridized carbons (Fsp3) is 0.588. The van der Waals surface area contributed by atoms with Gasteiger partial charge in [-0.15, -0.1) is 0 Å². The molecule has 0 radical (unpaired) electrons. The van der Waals surface area contributed by atoms with Crippen molar-refractivity contribution in [1.29, 1.82) is 0 Å². The Morgan fingerprint density at radius 3 is 2.68 bits per heavy atom. The Kier molecular flexibility index (Phi) is 5.25. The summed E-state index contributed by atoms with van der Waals surface area (Å²) in [4.78, 5) is 36.1. The van der Waals surface area contributed by atoms with Gasteiger partial charge in [-0.2, -0.15) is 4.98 Å². The van der Waals surface area contributed by atoms with E-state index in [4.69, 9.17) is 4.52 Å². The molecule has 0 aromatic carbocycles. The molecule has 1 aromatic rings. The van der Waals surface area contributed by atoms with Crippen molar-refractivity contribution < 1.29 is 14.1 Å². The number of carbonyl (C=O) groups is 2. The summed E-state index contributed by atoms with van der Waals surface area (Å²) in [5.41, 5.74) is 0. The van der Waals surface area contributed by atoms with Crippen LogP contribution in [0.15, 0.2) is 21.7 Å². The molecule has 0 bridgehead atoms. The summed E-state index contributed by atoms with van der Waals surface area (Å²) >= 11 is 0. The highest BCUT2D eigenvalue weighted by atomic mass is 16.5. The Bertz CT molecular complexity index is 684. The molecule has 1 aromatic heterocycles. The largest absolute Gasteiger partial charge is 0.339 e. The predicted octanol–water partition coefficient (Wildman–Crippen LogP) is 1.96. The number of aromatic nitrogens is 2. The molecule has 0 aliphatic carbocycles. The van der Waals surface area contributed by atoms with E-state index >= 15 is 0 Å². The van der Waals surface area contributed by atoms with Gasteiger partial charge in [0.2, 0.25) is 5.89 Å². The minimum absolute atomic E-state index is 0.0884. The van der Waals surface area contributed by atoms with E-state index in [9.17, 15) is 9.59 Å². The molecule has 1 atom stereocenters. The maximum Gasteiger partial charge on any atom is 0.319 e. The average molecular weight is 345 g/mol. The SMILES string of the molecule is CCN(CC)C(=O)N1CCC(c2nc(C3C=CC=NC3=O)no2)CC1. The quantitative estimate of drug-likeness (QED) is 0.832. The molecule has 1 saturated heterocycles. The van der Waals surface area contributed by atoms with Crippen LogP contribution >= 0.6 is 0 Å². The highest BCUT2D eigenvalue weighted by Gasteiger charge is 2.31. The molecule has 3 amide bonds. The lowest BCUT2D eigenvalue weighted by molar-refractivity contribution is -0.118. The summed E-state index contributed by atoms with van der Waals surface area (Å²) in [7, 11) is 0. The highest BCUT2D eigenvalue weighted by Crippen LogP contribution is 2.29. The number of amides is 3. The zero-order valence-corrected chi connectivity index (χ0v) is 14.6. The number of likely N-dealkylation sites (tertiary alicyclic amines) is 1. The van der Waals surface area contributed by atoms with Crippen molar-refractivity contribution in [3.63, 3.8) is 0 Å². The number of allylic oxidation sites excluding steroid dienone is 1. The van der Waals surface area contributed by atoms with Crippen molar-refractivity contribution >= 4 is 18.2 Å². The van der Waals surface area contributed by atoms with Gasteiger partial charge in [0.25, 0.3) is 5.91 Å². The van der Waals surface area contributed by atoms with Gasteiger partial charge < -0.3 is 14.3 Å². The molecule has 2 aliphatic heterocycles. The van der Waals surface area contributed by atoms with E-state index in [0.717, 1.165) is 12.8 Å². The topological polar surface area (TPSA) is 91.9 Å². The van der Waals surface area contributed by atoms with E-state index < -0.39 is 5.92 Å². The van der Waals surface area contributed by atoms with Crippen LogP contribution in [0.3, 0.4) is 0 Å². The second kappa shape index (κ2) is 7.58. The van der Waals surface area contributed by atoms with Crippen molar-refractivity contribution in [2.24, 2.45) is 4.99 Å². The van der Waals surface area contributed by atoms with Gasteiger partial charge in [0.05, 0.1) is 0 Å². The molecule has 8 heteroatoms.